The van der Waals surface area contributed by atoms with Gasteiger partial charge < -0.3 is 9.88 Å². The van der Waals surface area contributed by atoms with E-state index in [9.17, 15) is 9.59 Å². The Bertz CT molecular complexity index is 1510. The average Bonchev–Trinajstić information content (AvgIpc) is 3.61. The molecule has 0 unspecified atom stereocenters. The Morgan fingerprint density at radius 2 is 1.85 bits per heavy atom. The molecule has 0 bridgehead atoms. The number of nitrogens with zero attached hydrogens (tertiary/aromatic N) is 3. The second kappa shape index (κ2) is 8.24. The molecule has 0 saturated heterocycles. The molecule has 34 heavy (non-hydrogen) atoms. The number of aromatic nitrogens is 3. The smallest absolute Gasteiger partial charge is 0.255 e. The van der Waals surface area contributed by atoms with E-state index in [1.165, 1.54) is 11.3 Å². The first-order chi connectivity index (χ1) is 16.7. The van der Waals surface area contributed by atoms with Crippen LogP contribution in [0.15, 0.2) is 84.5 Å². The summed E-state index contributed by atoms with van der Waals surface area (Å²) in [6, 6.07) is 22.7. The minimum absolute atomic E-state index is 0.166. The van der Waals surface area contributed by atoms with Gasteiger partial charge in [-0.3, -0.25) is 14.9 Å². The van der Waals surface area contributed by atoms with Crippen LogP contribution in [0.2, 0.25) is 0 Å². The Hall–Kier alpha value is -4.30. The first kappa shape index (κ1) is 20.3. The molecular formula is C26H19N5O2S. The van der Waals surface area contributed by atoms with Crippen LogP contribution in [0.25, 0.3) is 22.0 Å². The summed E-state index contributed by atoms with van der Waals surface area (Å²) in [7, 11) is 0. The molecule has 1 aliphatic heterocycles. The molecule has 2 aromatic heterocycles. The molecule has 0 saturated carbocycles. The number of aromatic amines is 1. The molecule has 0 radical (unpaired) electrons. The SMILES string of the molecule is O=C(Nc1nncs1)[C@@H](c1ccccc1)N1Cc2ccc(-c3ccc4[nH]ccc4c3)cc2C1=O. The first-order valence-corrected chi connectivity index (χ1v) is 11.7. The Kier molecular flexibility index (Phi) is 4.92. The number of carbonyl (C=O) groups is 2. The molecule has 5 aromatic rings. The minimum Gasteiger partial charge on any atom is -0.361 e. The fourth-order valence-electron chi connectivity index (χ4n) is 4.45. The van der Waals surface area contributed by atoms with Crippen molar-refractivity contribution in [1.82, 2.24) is 20.1 Å². The minimum atomic E-state index is -0.787. The second-order valence-electron chi connectivity index (χ2n) is 8.13. The van der Waals surface area contributed by atoms with Gasteiger partial charge in [0.15, 0.2) is 0 Å². The third-order valence-corrected chi connectivity index (χ3v) is 6.70. The fourth-order valence-corrected chi connectivity index (χ4v) is 4.90. The molecule has 6 rings (SSSR count). The highest BCUT2D eigenvalue weighted by Crippen LogP contribution is 2.35. The van der Waals surface area contributed by atoms with Crippen LogP contribution in [0, 0.1) is 0 Å². The van der Waals surface area contributed by atoms with E-state index < -0.39 is 6.04 Å². The summed E-state index contributed by atoms with van der Waals surface area (Å²) in [4.78, 5) is 31.7. The lowest BCUT2D eigenvalue weighted by Gasteiger charge is -2.26. The molecule has 3 aromatic carbocycles. The lowest BCUT2D eigenvalue weighted by molar-refractivity contribution is -0.120. The molecule has 0 spiro atoms. The summed E-state index contributed by atoms with van der Waals surface area (Å²) < 4.78 is 0. The van der Waals surface area contributed by atoms with E-state index in [-0.39, 0.29) is 11.8 Å². The number of fused-ring (bicyclic) bond motifs is 2. The van der Waals surface area contributed by atoms with E-state index in [1.54, 1.807) is 10.4 Å². The lowest BCUT2D eigenvalue weighted by Crippen LogP contribution is -2.37. The summed E-state index contributed by atoms with van der Waals surface area (Å²) in [6.07, 6.45) is 1.91. The molecule has 0 aliphatic carbocycles. The molecule has 2 N–H and O–H groups in total. The second-order valence-corrected chi connectivity index (χ2v) is 8.96. The summed E-state index contributed by atoms with van der Waals surface area (Å²) >= 11 is 1.24. The van der Waals surface area contributed by atoms with Gasteiger partial charge in [-0.05, 0) is 51.9 Å². The number of H-pyrrole nitrogens is 1. The number of hydrogen-bond acceptors (Lipinski definition) is 5. The summed E-state index contributed by atoms with van der Waals surface area (Å²) in [5, 5.41) is 12.0. The molecule has 166 valence electrons. The van der Waals surface area contributed by atoms with Gasteiger partial charge in [0.05, 0.1) is 0 Å². The fraction of sp³-hybridized carbons (Fsp3) is 0.0769. The number of benzene rings is 3. The van der Waals surface area contributed by atoms with Crippen molar-refractivity contribution in [2.75, 3.05) is 5.32 Å². The van der Waals surface area contributed by atoms with Gasteiger partial charge in [0, 0.05) is 23.8 Å². The van der Waals surface area contributed by atoms with Crippen LogP contribution in [0.3, 0.4) is 0 Å². The summed E-state index contributed by atoms with van der Waals surface area (Å²) in [5.41, 5.74) is 6.89. The van der Waals surface area contributed by atoms with Gasteiger partial charge in [-0.15, -0.1) is 10.2 Å². The van der Waals surface area contributed by atoms with Crippen LogP contribution >= 0.6 is 11.3 Å². The maximum atomic E-state index is 13.6. The van der Waals surface area contributed by atoms with Gasteiger partial charge in [-0.1, -0.05) is 59.9 Å². The van der Waals surface area contributed by atoms with E-state index >= 15 is 0 Å². The van der Waals surface area contributed by atoms with Crippen LogP contribution < -0.4 is 5.32 Å². The zero-order valence-corrected chi connectivity index (χ0v) is 18.8. The van der Waals surface area contributed by atoms with Crippen molar-refractivity contribution in [1.29, 1.82) is 0 Å². The highest BCUT2D eigenvalue weighted by molar-refractivity contribution is 7.13. The maximum absolute atomic E-state index is 13.6. The monoisotopic (exact) mass is 465 g/mol. The van der Waals surface area contributed by atoms with Crippen molar-refractivity contribution in [2.45, 2.75) is 12.6 Å². The van der Waals surface area contributed by atoms with E-state index in [0.717, 1.165) is 33.2 Å². The van der Waals surface area contributed by atoms with Crippen LogP contribution in [0.4, 0.5) is 5.13 Å². The van der Waals surface area contributed by atoms with Crippen molar-refractivity contribution >= 4 is 39.2 Å². The van der Waals surface area contributed by atoms with Crippen molar-refractivity contribution in [3.8, 4) is 11.1 Å². The molecule has 7 nitrogen and oxygen atoms in total. The van der Waals surface area contributed by atoms with E-state index in [2.05, 4.69) is 26.6 Å². The summed E-state index contributed by atoms with van der Waals surface area (Å²) in [5.74, 6) is -0.483. The van der Waals surface area contributed by atoms with Crippen LogP contribution in [-0.2, 0) is 11.3 Å². The van der Waals surface area contributed by atoms with Crippen LogP contribution in [-0.4, -0.2) is 31.9 Å². The third-order valence-electron chi connectivity index (χ3n) is 6.09. The van der Waals surface area contributed by atoms with Crippen molar-refractivity contribution < 1.29 is 9.59 Å². The number of nitrogens with one attached hydrogen (secondary N) is 2. The quantitative estimate of drug-likeness (QED) is 0.381. The Morgan fingerprint density at radius 1 is 1.03 bits per heavy atom. The number of amides is 2. The zero-order valence-electron chi connectivity index (χ0n) is 17.9. The topological polar surface area (TPSA) is 91.0 Å². The van der Waals surface area contributed by atoms with E-state index in [4.69, 9.17) is 0 Å². The number of rotatable bonds is 5. The predicted octanol–water partition coefficient (Wildman–Crippen LogP) is 5.02. The molecule has 3 heterocycles. The number of carbonyl (C=O) groups excluding carboxylic acids is 2. The van der Waals surface area contributed by atoms with Crippen LogP contribution in [0.5, 0.6) is 0 Å². The van der Waals surface area contributed by atoms with E-state index in [0.29, 0.717) is 17.2 Å². The highest BCUT2D eigenvalue weighted by atomic mass is 32.1. The Morgan fingerprint density at radius 3 is 2.68 bits per heavy atom. The molecule has 0 fully saturated rings. The van der Waals surface area contributed by atoms with Gasteiger partial charge in [0.1, 0.15) is 11.6 Å². The van der Waals surface area contributed by atoms with Crippen LogP contribution in [0.1, 0.15) is 27.5 Å². The first-order valence-electron chi connectivity index (χ1n) is 10.8. The van der Waals surface area contributed by atoms with Gasteiger partial charge in [0.25, 0.3) is 11.8 Å². The standard InChI is InChI=1S/C26H19N5O2S/c32-24(29-26-30-28-15-34-26)23(16-4-2-1-3-5-16)31-14-20-7-6-18(13-21(20)25(31)33)17-8-9-22-19(12-17)10-11-27-22/h1-13,15,23,27H,14H2,(H,29,30,32)/t23-/m1/s1. The molecule has 1 aliphatic rings. The molecule has 8 heteroatoms. The predicted molar refractivity (Wildman–Crippen MR) is 131 cm³/mol. The summed E-state index contributed by atoms with van der Waals surface area (Å²) in [6.45, 7) is 0.356. The Balaban J connectivity index is 1.35. The number of anilines is 1. The van der Waals surface area contributed by atoms with Crippen molar-refractivity contribution in [3.63, 3.8) is 0 Å². The van der Waals surface area contributed by atoms with Crippen molar-refractivity contribution in [3.05, 3.63) is 101 Å². The lowest BCUT2D eigenvalue weighted by atomic mass is 9.99. The van der Waals surface area contributed by atoms with Gasteiger partial charge in [-0.25, -0.2) is 0 Å². The molecular weight excluding hydrogens is 446 g/mol. The zero-order chi connectivity index (χ0) is 23.1. The van der Waals surface area contributed by atoms with Gasteiger partial charge in [0.2, 0.25) is 5.13 Å². The highest BCUT2D eigenvalue weighted by Gasteiger charge is 2.37. The van der Waals surface area contributed by atoms with Crippen molar-refractivity contribution in [2.24, 2.45) is 0 Å². The normalized spacial score (nSPS) is 13.8. The van der Waals surface area contributed by atoms with Gasteiger partial charge >= 0.3 is 0 Å². The van der Waals surface area contributed by atoms with Gasteiger partial charge in [-0.2, -0.15) is 0 Å². The Labute approximate surface area is 199 Å². The maximum Gasteiger partial charge on any atom is 0.255 e. The third kappa shape index (κ3) is 3.54. The molecule has 2 amide bonds. The number of hydrogen-bond donors (Lipinski definition) is 2. The molecule has 1 atom stereocenters. The van der Waals surface area contributed by atoms with E-state index in [1.807, 2.05) is 72.9 Å². The average molecular weight is 466 g/mol. The largest absolute Gasteiger partial charge is 0.361 e.